The largest absolute Gasteiger partial charge is 0.338 e. The van der Waals surface area contributed by atoms with Crippen molar-refractivity contribution in [1.29, 1.82) is 0 Å². The molecule has 0 spiro atoms. The minimum absolute atomic E-state index is 0.330. The van der Waals surface area contributed by atoms with Crippen LogP contribution in [0.15, 0.2) is 4.52 Å². The third kappa shape index (κ3) is 2.59. The maximum Gasteiger partial charge on any atom is 0.240 e. The van der Waals surface area contributed by atoms with E-state index in [2.05, 4.69) is 41.3 Å². The van der Waals surface area contributed by atoms with Gasteiger partial charge in [0.15, 0.2) is 5.82 Å². The van der Waals surface area contributed by atoms with Crippen molar-refractivity contribution in [1.82, 2.24) is 20.4 Å². The van der Waals surface area contributed by atoms with Crippen LogP contribution in [0, 0.1) is 0 Å². The number of hydrogen-bond acceptors (Lipinski definition) is 5. The minimum atomic E-state index is 0.330. The fourth-order valence-corrected chi connectivity index (χ4v) is 1.92. The molecule has 90 valence electrons. The summed E-state index contributed by atoms with van der Waals surface area (Å²) in [5, 5.41) is 7.32. The molecule has 5 nitrogen and oxygen atoms in total. The average molecular weight is 224 g/mol. The molecule has 1 aromatic rings. The van der Waals surface area contributed by atoms with Gasteiger partial charge < -0.3 is 9.84 Å². The van der Waals surface area contributed by atoms with Crippen LogP contribution in [-0.2, 0) is 6.54 Å². The highest BCUT2D eigenvalue weighted by Crippen LogP contribution is 2.13. The fourth-order valence-electron chi connectivity index (χ4n) is 1.92. The molecule has 2 heterocycles. The molecule has 1 atom stereocenters. The number of hydrogen-bond donors (Lipinski definition) is 1. The van der Waals surface area contributed by atoms with Crippen LogP contribution in [0.3, 0.4) is 0 Å². The molecule has 0 aliphatic carbocycles. The van der Waals surface area contributed by atoms with Gasteiger partial charge in [0, 0.05) is 18.5 Å². The van der Waals surface area contributed by atoms with Crippen LogP contribution in [0.5, 0.6) is 0 Å². The summed E-state index contributed by atoms with van der Waals surface area (Å²) in [6.45, 7) is 7.04. The van der Waals surface area contributed by atoms with Crippen molar-refractivity contribution in [3.05, 3.63) is 11.7 Å². The van der Waals surface area contributed by atoms with Crippen LogP contribution in [0.2, 0.25) is 0 Å². The Morgan fingerprint density at radius 2 is 2.38 bits per heavy atom. The van der Waals surface area contributed by atoms with E-state index in [1.54, 1.807) is 0 Å². The molecule has 2 rings (SSSR count). The predicted octanol–water partition coefficient (Wildman–Crippen LogP) is 0.987. The van der Waals surface area contributed by atoms with Gasteiger partial charge in [0.2, 0.25) is 5.89 Å². The van der Waals surface area contributed by atoms with Crippen molar-refractivity contribution in [3.8, 4) is 0 Å². The summed E-state index contributed by atoms with van der Waals surface area (Å²) in [5.74, 6) is 1.85. The minimum Gasteiger partial charge on any atom is -0.338 e. The standard InChI is InChI=1S/C11H20N4O/c1-8(2)11-13-10(16-14-11)7-15(3)9-4-5-12-6-9/h8-9,12H,4-7H2,1-3H3. The molecule has 1 N–H and O–H groups in total. The Morgan fingerprint density at radius 1 is 1.56 bits per heavy atom. The maximum absolute atomic E-state index is 5.23. The van der Waals surface area contributed by atoms with Crippen molar-refractivity contribution < 1.29 is 4.52 Å². The molecule has 5 heteroatoms. The summed E-state index contributed by atoms with van der Waals surface area (Å²) in [6.07, 6.45) is 1.20. The Labute approximate surface area is 96.2 Å². The second kappa shape index (κ2) is 4.93. The van der Waals surface area contributed by atoms with E-state index in [1.807, 2.05) is 0 Å². The molecule has 1 aliphatic heterocycles. The van der Waals surface area contributed by atoms with Crippen LogP contribution < -0.4 is 5.32 Å². The Kier molecular flexibility index (Phi) is 3.56. The van der Waals surface area contributed by atoms with Gasteiger partial charge in [-0.15, -0.1) is 0 Å². The first kappa shape index (κ1) is 11.5. The normalized spacial score (nSPS) is 21.2. The lowest BCUT2D eigenvalue weighted by Gasteiger charge is -2.21. The second-order valence-corrected chi connectivity index (χ2v) is 4.76. The topological polar surface area (TPSA) is 54.2 Å². The Balaban J connectivity index is 1.92. The summed E-state index contributed by atoms with van der Waals surface area (Å²) in [5.41, 5.74) is 0. The van der Waals surface area contributed by atoms with Gasteiger partial charge in [0.05, 0.1) is 6.54 Å². The smallest absolute Gasteiger partial charge is 0.240 e. The molecule has 0 aromatic carbocycles. The third-order valence-electron chi connectivity index (χ3n) is 3.04. The van der Waals surface area contributed by atoms with Crippen LogP contribution in [0.25, 0.3) is 0 Å². The van der Waals surface area contributed by atoms with Crippen molar-refractivity contribution in [2.45, 2.75) is 38.8 Å². The number of likely N-dealkylation sites (N-methyl/N-ethyl adjacent to an activating group) is 1. The lowest BCUT2D eigenvalue weighted by atomic mass is 10.2. The van der Waals surface area contributed by atoms with Gasteiger partial charge in [-0.1, -0.05) is 19.0 Å². The molecule has 0 radical (unpaired) electrons. The first-order valence-corrected chi connectivity index (χ1v) is 5.90. The summed E-state index contributed by atoms with van der Waals surface area (Å²) in [4.78, 5) is 6.66. The van der Waals surface area contributed by atoms with E-state index in [9.17, 15) is 0 Å². The van der Waals surface area contributed by atoms with Gasteiger partial charge in [0.25, 0.3) is 0 Å². The molecule has 1 aliphatic rings. The Bertz CT molecular complexity index is 330. The van der Waals surface area contributed by atoms with Crippen molar-refractivity contribution >= 4 is 0 Å². The molecule has 1 saturated heterocycles. The molecule has 0 saturated carbocycles. The van der Waals surface area contributed by atoms with Crippen molar-refractivity contribution in [2.24, 2.45) is 0 Å². The SMILES string of the molecule is CC(C)c1noc(CN(C)C2CCNC2)n1. The highest BCUT2D eigenvalue weighted by Gasteiger charge is 2.21. The molecule has 0 bridgehead atoms. The zero-order valence-corrected chi connectivity index (χ0v) is 10.2. The van der Waals surface area contributed by atoms with Gasteiger partial charge in [-0.2, -0.15) is 4.98 Å². The highest BCUT2D eigenvalue weighted by atomic mass is 16.5. The summed E-state index contributed by atoms with van der Waals surface area (Å²) >= 11 is 0. The van der Waals surface area contributed by atoms with E-state index in [0.29, 0.717) is 12.0 Å². The van der Waals surface area contributed by atoms with E-state index in [1.165, 1.54) is 6.42 Å². The summed E-state index contributed by atoms with van der Waals surface area (Å²) in [7, 11) is 2.11. The van der Waals surface area contributed by atoms with Gasteiger partial charge in [-0.05, 0) is 20.0 Å². The van der Waals surface area contributed by atoms with Crippen molar-refractivity contribution in [2.75, 3.05) is 20.1 Å². The molecule has 0 amide bonds. The molecular formula is C11H20N4O. The first-order valence-electron chi connectivity index (χ1n) is 5.90. The monoisotopic (exact) mass is 224 g/mol. The van der Waals surface area contributed by atoms with Crippen molar-refractivity contribution in [3.63, 3.8) is 0 Å². The zero-order valence-electron chi connectivity index (χ0n) is 10.2. The summed E-state index contributed by atoms with van der Waals surface area (Å²) < 4.78 is 5.23. The predicted molar refractivity (Wildman–Crippen MR) is 61.1 cm³/mol. The lowest BCUT2D eigenvalue weighted by molar-refractivity contribution is 0.214. The number of rotatable bonds is 4. The quantitative estimate of drug-likeness (QED) is 0.826. The molecule has 1 fully saturated rings. The van der Waals surface area contributed by atoms with Gasteiger partial charge in [-0.25, -0.2) is 0 Å². The van der Waals surface area contributed by atoms with Crippen LogP contribution >= 0.6 is 0 Å². The van der Waals surface area contributed by atoms with E-state index < -0.39 is 0 Å². The molecule has 1 unspecified atom stereocenters. The fraction of sp³-hybridized carbons (Fsp3) is 0.818. The lowest BCUT2D eigenvalue weighted by Crippen LogP contribution is -2.32. The maximum atomic E-state index is 5.23. The zero-order chi connectivity index (χ0) is 11.5. The Hall–Kier alpha value is -0.940. The highest BCUT2D eigenvalue weighted by molar-refractivity contribution is 4.92. The molecule has 16 heavy (non-hydrogen) atoms. The van der Waals surface area contributed by atoms with Gasteiger partial charge in [0.1, 0.15) is 0 Å². The number of nitrogens with one attached hydrogen (secondary N) is 1. The first-order chi connectivity index (χ1) is 7.66. The van der Waals surface area contributed by atoms with E-state index >= 15 is 0 Å². The van der Waals surface area contributed by atoms with Gasteiger partial charge in [-0.3, -0.25) is 4.90 Å². The van der Waals surface area contributed by atoms with Crippen LogP contribution in [-0.4, -0.2) is 41.2 Å². The van der Waals surface area contributed by atoms with E-state index in [4.69, 9.17) is 4.52 Å². The van der Waals surface area contributed by atoms with Crippen LogP contribution in [0.1, 0.15) is 37.9 Å². The van der Waals surface area contributed by atoms with E-state index in [0.717, 1.165) is 31.3 Å². The Morgan fingerprint density at radius 3 is 2.94 bits per heavy atom. The number of nitrogens with zero attached hydrogens (tertiary/aromatic N) is 3. The second-order valence-electron chi connectivity index (χ2n) is 4.76. The average Bonchev–Trinajstić information content (AvgIpc) is 2.87. The van der Waals surface area contributed by atoms with Gasteiger partial charge >= 0.3 is 0 Å². The van der Waals surface area contributed by atoms with Crippen LogP contribution in [0.4, 0.5) is 0 Å². The van der Waals surface area contributed by atoms with E-state index in [-0.39, 0.29) is 0 Å². The molecular weight excluding hydrogens is 204 g/mol. The molecule has 1 aromatic heterocycles. The third-order valence-corrected chi connectivity index (χ3v) is 3.04. The number of aromatic nitrogens is 2. The summed E-state index contributed by atoms with van der Waals surface area (Å²) in [6, 6.07) is 0.592.